The number of carbonyl (C=O) groups excluding carboxylic acids is 2. The second kappa shape index (κ2) is 10.9. The minimum atomic E-state index is -0.532. The Morgan fingerprint density at radius 1 is 1.22 bits per heavy atom. The SMILES string of the molecule is COCCOCC(C)(C)NCC(=O)N1CCCC1C(=O)c1noc(C2(C)CCCCC2)n1. The Kier molecular flexibility index (Phi) is 8.41. The van der Waals surface area contributed by atoms with Gasteiger partial charge in [-0.15, -0.1) is 0 Å². The zero-order valence-electron chi connectivity index (χ0n) is 19.9. The molecule has 2 aliphatic rings. The molecule has 1 unspecified atom stereocenters. The van der Waals surface area contributed by atoms with E-state index in [1.165, 1.54) is 6.42 Å². The lowest BCUT2D eigenvalue weighted by Gasteiger charge is -2.29. The molecule has 1 aromatic heterocycles. The summed E-state index contributed by atoms with van der Waals surface area (Å²) in [6.07, 6.45) is 6.88. The molecule has 1 amide bonds. The van der Waals surface area contributed by atoms with Gasteiger partial charge in [0.05, 0.1) is 32.4 Å². The number of likely N-dealkylation sites (tertiary alicyclic amines) is 1. The van der Waals surface area contributed by atoms with Gasteiger partial charge in [0.2, 0.25) is 23.4 Å². The van der Waals surface area contributed by atoms with Crippen LogP contribution in [0, 0.1) is 0 Å². The highest BCUT2D eigenvalue weighted by molar-refractivity contribution is 5.99. The molecule has 1 aromatic rings. The smallest absolute Gasteiger partial charge is 0.240 e. The van der Waals surface area contributed by atoms with Crippen LogP contribution in [0.2, 0.25) is 0 Å². The van der Waals surface area contributed by atoms with Crippen LogP contribution >= 0.6 is 0 Å². The number of aromatic nitrogens is 2. The minimum absolute atomic E-state index is 0.0938. The number of methoxy groups -OCH3 is 1. The summed E-state index contributed by atoms with van der Waals surface area (Å²) in [4.78, 5) is 32.2. The van der Waals surface area contributed by atoms with E-state index in [0.29, 0.717) is 38.7 Å². The predicted octanol–water partition coefficient (Wildman–Crippen LogP) is 2.50. The Bertz CT molecular complexity index is 772. The summed E-state index contributed by atoms with van der Waals surface area (Å²) in [5.74, 6) is 0.311. The van der Waals surface area contributed by atoms with Crippen LogP contribution in [0.4, 0.5) is 0 Å². The first-order valence-corrected chi connectivity index (χ1v) is 11.8. The molecule has 0 aromatic carbocycles. The molecule has 9 nitrogen and oxygen atoms in total. The van der Waals surface area contributed by atoms with Gasteiger partial charge in [0, 0.05) is 24.6 Å². The number of Topliss-reactive ketones (excluding diaryl/α,β-unsaturated/α-hetero) is 1. The summed E-state index contributed by atoms with van der Waals surface area (Å²) in [5.41, 5.74) is -0.531. The first-order valence-electron chi connectivity index (χ1n) is 11.8. The second-order valence-electron chi connectivity index (χ2n) is 9.94. The molecular weight excluding hydrogens is 412 g/mol. The molecular formula is C23H38N4O5. The second-order valence-corrected chi connectivity index (χ2v) is 9.94. The summed E-state index contributed by atoms with van der Waals surface area (Å²) in [6.45, 7) is 8.28. The monoisotopic (exact) mass is 450 g/mol. The Morgan fingerprint density at radius 3 is 2.69 bits per heavy atom. The fourth-order valence-electron chi connectivity index (χ4n) is 4.54. The van der Waals surface area contributed by atoms with Crippen molar-refractivity contribution in [3.8, 4) is 0 Å². The lowest BCUT2D eigenvalue weighted by Crippen LogP contribution is -2.51. The van der Waals surface area contributed by atoms with Crippen LogP contribution in [0.25, 0.3) is 0 Å². The molecule has 2 heterocycles. The van der Waals surface area contributed by atoms with Gasteiger partial charge in [0.25, 0.3) is 0 Å². The molecule has 0 radical (unpaired) electrons. The first kappa shape index (κ1) is 24.8. The highest BCUT2D eigenvalue weighted by Crippen LogP contribution is 2.38. The number of amides is 1. The van der Waals surface area contributed by atoms with Crippen molar-refractivity contribution in [3.05, 3.63) is 11.7 Å². The van der Waals surface area contributed by atoms with E-state index in [9.17, 15) is 9.59 Å². The van der Waals surface area contributed by atoms with Crippen LogP contribution in [0.15, 0.2) is 4.52 Å². The molecule has 2 fully saturated rings. The maximum atomic E-state index is 13.1. The maximum Gasteiger partial charge on any atom is 0.240 e. The topological polar surface area (TPSA) is 107 Å². The molecule has 180 valence electrons. The highest BCUT2D eigenvalue weighted by Gasteiger charge is 2.39. The van der Waals surface area contributed by atoms with Gasteiger partial charge in [0.15, 0.2) is 0 Å². The van der Waals surface area contributed by atoms with Crippen molar-refractivity contribution in [2.45, 2.75) is 82.7 Å². The average Bonchev–Trinajstić information content (AvgIpc) is 3.46. The number of hydrogen-bond acceptors (Lipinski definition) is 8. The number of carbonyl (C=O) groups is 2. The van der Waals surface area contributed by atoms with Crippen LogP contribution in [-0.2, 0) is 19.7 Å². The van der Waals surface area contributed by atoms with E-state index in [1.807, 2.05) is 13.8 Å². The molecule has 1 atom stereocenters. The average molecular weight is 451 g/mol. The molecule has 9 heteroatoms. The number of rotatable bonds is 11. The van der Waals surface area contributed by atoms with Gasteiger partial charge in [-0.05, 0) is 39.5 Å². The lowest BCUT2D eigenvalue weighted by atomic mass is 9.75. The predicted molar refractivity (Wildman–Crippen MR) is 119 cm³/mol. The summed E-state index contributed by atoms with van der Waals surface area (Å²) in [6, 6.07) is -0.532. The summed E-state index contributed by atoms with van der Waals surface area (Å²) < 4.78 is 16.1. The number of hydrogen-bond donors (Lipinski definition) is 1. The van der Waals surface area contributed by atoms with E-state index in [1.54, 1.807) is 12.0 Å². The van der Waals surface area contributed by atoms with Gasteiger partial charge in [0.1, 0.15) is 0 Å². The quantitative estimate of drug-likeness (QED) is 0.405. The third-order valence-corrected chi connectivity index (χ3v) is 6.61. The minimum Gasteiger partial charge on any atom is -0.382 e. The zero-order chi connectivity index (χ0) is 23.2. The van der Waals surface area contributed by atoms with Crippen molar-refractivity contribution in [2.24, 2.45) is 0 Å². The number of nitrogens with zero attached hydrogens (tertiary/aromatic N) is 3. The van der Waals surface area contributed by atoms with Crippen molar-refractivity contribution in [1.29, 1.82) is 0 Å². The van der Waals surface area contributed by atoms with E-state index >= 15 is 0 Å². The van der Waals surface area contributed by atoms with Crippen LogP contribution in [0.3, 0.4) is 0 Å². The summed E-state index contributed by atoms with van der Waals surface area (Å²) >= 11 is 0. The Labute approximate surface area is 190 Å². The molecule has 3 rings (SSSR count). The third-order valence-electron chi connectivity index (χ3n) is 6.61. The summed E-state index contributed by atoms with van der Waals surface area (Å²) in [5, 5.41) is 7.24. The van der Waals surface area contributed by atoms with Crippen LogP contribution in [0.1, 0.15) is 82.2 Å². The normalized spacial score (nSPS) is 21.1. The van der Waals surface area contributed by atoms with Crippen LogP contribution < -0.4 is 5.32 Å². The molecule has 1 aliphatic carbocycles. The molecule has 1 saturated carbocycles. The van der Waals surface area contributed by atoms with E-state index < -0.39 is 6.04 Å². The van der Waals surface area contributed by atoms with Gasteiger partial charge in [-0.1, -0.05) is 31.3 Å². The summed E-state index contributed by atoms with van der Waals surface area (Å²) in [7, 11) is 1.63. The molecule has 1 aliphatic heterocycles. The standard InChI is InChI=1S/C23H38N4O5/c1-22(2,16-31-14-13-30-4)24-15-18(28)27-12-8-9-17(27)19(29)20-25-21(32-26-20)23(3)10-6-5-7-11-23/h17,24H,5-16H2,1-4H3. The van der Waals surface area contributed by atoms with Gasteiger partial charge in [-0.2, -0.15) is 4.98 Å². The van der Waals surface area contributed by atoms with Crippen molar-refractivity contribution in [2.75, 3.05) is 40.0 Å². The molecule has 32 heavy (non-hydrogen) atoms. The number of ether oxygens (including phenoxy) is 2. The number of nitrogens with one attached hydrogen (secondary N) is 1. The van der Waals surface area contributed by atoms with E-state index in [2.05, 4.69) is 22.4 Å². The van der Waals surface area contributed by atoms with Gasteiger partial charge in [-0.25, -0.2) is 0 Å². The van der Waals surface area contributed by atoms with Crippen LogP contribution in [0.5, 0.6) is 0 Å². The zero-order valence-corrected chi connectivity index (χ0v) is 19.9. The lowest BCUT2D eigenvalue weighted by molar-refractivity contribution is -0.130. The van der Waals surface area contributed by atoms with E-state index in [0.717, 1.165) is 32.1 Å². The molecule has 0 bridgehead atoms. The largest absolute Gasteiger partial charge is 0.382 e. The first-order chi connectivity index (χ1) is 15.3. The maximum absolute atomic E-state index is 13.1. The van der Waals surface area contributed by atoms with Crippen molar-refractivity contribution in [3.63, 3.8) is 0 Å². The Hall–Kier alpha value is -1.84. The fraction of sp³-hybridized carbons (Fsp3) is 0.826. The van der Waals surface area contributed by atoms with Crippen molar-refractivity contribution >= 4 is 11.7 Å². The Morgan fingerprint density at radius 2 is 1.97 bits per heavy atom. The van der Waals surface area contributed by atoms with Crippen molar-refractivity contribution < 1.29 is 23.6 Å². The fourth-order valence-corrected chi connectivity index (χ4v) is 4.54. The van der Waals surface area contributed by atoms with E-state index in [-0.39, 0.29) is 35.0 Å². The van der Waals surface area contributed by atoms with Crippen LogP contribution in [-0.4, -0.2) is 78.3 Å². The van der Waals surface area contributed by atoms with E-state index in [4.69, 9.17) is 14.0 Å². The van der Waals surface area contributed by atoms with Gasteiger partial charge >= 0.3 is 0 Å². The molecule has 1 saturated heterocycles. The molecule has 1 N–H and O–H groups in total. The molecule has 0 spiro atoms. The van der Waals surface area contributed by atoms with Gasteiger partial charge < -0.3 is 24.2 Å². The Balaban J connectivity index is 1.56. The van der Waals surface area contributed by atoms with Gasteiger partial charge in [-0.3, -0.25) is 9.59 Å². The number of ketones is 1. The highest BCUT2D eigenvalue weighted by atomic mass is 16.5. The van der Waals surface area contributed by atoms with Crippen molar-refractivity contribution in [1.82, 2.24) is 20.4 Å². The third kappa shape index (κ3) is 6.14.